The second kappa shape index (κ2) is 8.35. The summed E-state index contributed by atoms with van der Waals surface area (Å²) in [7, 11) is 0. The van der Waals surface area contributed by atoms with E-state index >= 15 is 0 Å². The van der Waals surface area contributed by atoms with Crippen LogP contribution in [0.3, 0.4) is 0 Å². The second-order valence-corrected chi connectivity index (χ2v) is 7.04. The van der Waals surface area contributed by atoms with E-state index in [1.807, 2.05) is 18.3 Å². The Hall–Kier alpha value is -2.66. The van der Waals surface area contributed by atoms with Gasteiger partial charge >= 0.3 is 6.09 Å². The van der Waals surface area contributed by atoms with E-state index in [-0.39, 0.29) is 12.2 Å². The van der Waals surface area contributed by atoms with Crippen molar-refractivity contribution in [2.24, 2.45) is 0 Å². The van der Waals surface area contributed by atoms with Crippen molar-refractivity contribution in [3.05, 3.63) is 66.0 Å². The number of amides is 1. The van der Waals surface area contributed by atoms with Gasteiger partial charge in [-0.25, -0.2) is 4.79 Å². The largest absolute Gasteiger partial charge is 0.444 e. The summed E-state index contributed by atoms with van der Waals surface area (Å²) in [5, 5.41) is 4.65. The minimum Gasteiger partial charge on any atom is -0.444 e. The van der Waals surface area contributed by atoms with Gasteiger partial charge in [-0.15, -0.1) is 0 Å². The Morgan fingerprint density at radius 3 is 3.04 bits per heavy atom. The maximum Gasteiger partial charge on any atom is 0.414 e. The second-order valence-electron chi connectivity index (χ2n) is 7.04. The van der Waals surface area contributed by atoms with Crippen molar-refractivity contribution in [3.63, 3.8) is 0 Å². The van der Waals surface area contributed by atoms with Crippen LogP contribution in [0.2, 0.25) is 0 Å². The Morgan fingerprint density at radius 1 is 1.22 bits per heavy atom. The Bertz CT molecular complexity index is 869. The van der Waals surface area contributed by atoms with Crippen molar-refractivity contribution in [1.29, 1.82) is 0 Å². The molecule has 0 saturated carbocycles. The highest BCUT2D eigenvalue weighted by atomic mass is 16.6. The maximum atomic E-state index is 12.1. The molecule has 0 radical (unpaired) electrons. The van der Waals surface area contributed by atoms with Crippen LogP contribution >= 0.6 is 0 Å². The lowest BCUT2D eigenvalue weighted by Gasteiger charge is -2.16. The zero-order valence-electron chi connectivity index (χ0n) is 15.4. The predicted molar refractivity (Wildman–Crippen MR) is 106 cm³/mol. The highest BCUT2D eigenvalue weighted by Gasteiger charge is 2.32. The lowest BCUT2D eigenvalue weighted by atomic mass is 10.1. The van der Waals surface area contributed by atoms with Crippen molar-refractivity contribution in [3.8, 4) is 0 Å². The fraction of sp³-hybridized carbons (Fsp3) is 0.364. The van der Waals surface area contributed by atoms with Crippen LogP contribution in [-0.4, -0.2) is 35.2 Å². The third-order valence-electron chi connectivity index (χ3n) is 5.07. The molecule has 1 fully saturated rings. The Kier molecular flexibility index (Phi) is 5.49. The van der Waals surface area contributed by atoms with E-state index in [4.69, 9.17) is 4.74 Å². The summed E-state index contributed by atoms with van der Waals surface area (Å²) < 4.78 is 5.52. The number of nitrogens with one attached hydrogen (secondary N) is 1. The van der Waals surface area contributed by atoms with Crippen molar-refractivity contribution >= 4 is 17.0 Å². The molecule has 5 nitrogen and oxygen atoms in total. The van der Waals surface area contributed by atoms with Crippen LogP contribution in [0.5, 0.6) is 0 Å². The molecule has 5 heteroatoms. The molecule has 1 aromatic heterocycles. The zero-order chi connectivity index (χ0) is 18.5. The molecule has 0 bridgehead atoms. The number of nitrogens with zero attached hydrogens (tertiary/aromatic N) is 2. The number of hydrogen-bond donors (Lipinski definition) is 1. The molecule has 1 atom stereocenters. The number of benzene rings is 1. The smallest absolute Gasteiger partial charge is 0.414 e. The molecule has 2 aliphatic rings. The van der Waals surface area contributed by atoms with Crippen LogP contribution < -0.4 is 5.32 Å². The summed E-state index contributed by atoms with van der Waals surface area (Å²) in [6, 6.07) is 10.3. The fourth-order valence-electron chi connectivity index (χ4n) is 3.67. The van der Waals surface area contributed by atoms with Gasteiger partial charge in [0.2, 0.25) is 0 Å². The number of carbonyl (C=O) groups excluding carboxylic acids is 1. The topological polar surface area (TPSA) is 54.5 Å². The summed E-state index contributed by atoms with van der Waals surface area (Å²) in [5.74, 6) is 0. The lowest BCUT2D eigenvalue weighted by Crippen LogP contribution is -2.24. The molecule has 0 spiro atoms. The molecule has 1 N–H and O–H groups in total. The van der Waals surface area contributed by atoms with E-state index in [1.54, 1.807) is 4.90 Å². The number of ether oxygens (including phenoxy) is 1. The summed E-state index contributed by atoms with van der Waals surface area (Å²) in [4.78, 5) is 18.3. The van der Waals surface area contributed by atoms with Gasteiger partial charge in [0.25, 0.3) is 0 Å². The molecular formula is C22H25N3O2. The summed E-state index contributed by atoms with van der Waals surface area (Å²) in [5.41, 5.74) is 3.25. The van der Waals surface area contributed by atoms with Gasteiger partial charge in [0.15, 0.2) is 0 Å². The number of rotatable bonds is 7. The first kappa shape index (κ1) is 17.7. The molecule has 4 rings (SSSR count). The van der Waals surface area contributed by atoms with E-state index < -0.39 is 0 Å². The van der Waals surface area contributed by atoms with Gasteiger partial charge in [-0.3, -0.25) is 9.88 Å². The van der Waals surface area contributed by atoms with Crippen molar-refractivity contribution < 1.29 is 9.53 Å². The van der Waals surface area contributed by atoms with Gasteiger partial charge < -0.3 is 10.1 Å². The van der Waals surface area contributed by atoms with E-state index in [1.165, 1.54) is 10.9 Å². The molecule has 1 aliphatic carbocycles. The van der Waals surface area contributed by atoms with Crippen LogP contribution in [0.4, 0.5) is 4.79 Å². The standard InChI is InChI=1S/C22H25N3O2/c26-22-25(19-10-2-1-3-11-19)16-20(27-22)12-6-13-23-15-18-8-4-7-17-9-5-14-24-21(17)18/h2,4-5,7-11,14,20,23H,1,3,6,12-13,15-16H2. The minimum atomic E-state index is -0.215. The van der Waals surface area contributed by atoms with Crippen LogP contribution in [0, 0.1) is 0 Å². The summed E-state index contributed by atoms with van der Waals surface area (Å²) in [6.45, 7) is 2.34. The number of cyclic esters (lactones) is 1. The van der Waals surface area contributed by atoms with Crippen molar-refractivity contribution in [2.75, 3.05) is 13.1 Å². The number of fused-ring (bicyclic) bond motifs is 1. The third-order valence-corrected chi connectivity index (χ3v) is 5.07. The van der Waals surface area contributed by atoms with Crippen LogP contribution in [-0.2, 0) is 11.3 Å². The first-order valence-corrected chi connectivity index (χ1v) is 9.69. The molecule has 1 unspecified atom stereocenters. The van der Waals surface area contributed by atoms with Gasteiger partial charge in [-0.1, -0.05) is 36.4 Å². The molecule has 1 amide bonds. The molecule has 1 saturated heterocycles. The van der Waals surface area contributed by atoms with E-state index in [0.29, 0.717) is 6.54 Å². The Labute approximate surface area is 159 Å². The third kappa shape index (κ3) is 4.19. The Balaban J connectivity index is 1.22. The number of aromatic nitrogens is 1. The molecule has 1 aliphatic heterocycles. The van der Waals surface area contributed by atoms with Gasteiger partial charge in [-0.05, 0) is 49.9 Å². The number of pyridine rings is 1. The van der Waals surface area contributed by atoms with Crippen LogP contribution in [0.15, 0.2) is 60.5 Å². The molecular weight excluding hydrogens is 338 g/mol. The highest BCUT2D eigenvalue weighted by molar-refractivity contribution is 5.81. The van der Waals surface area contributed by atoms with Gasteiger partial charge in [-0.2, -0.15) is 0 Å². The van der Waals surface area contributed by atoms with Gasteiger partial charge in [0.1, 0.15) is 6.10 Å². The average molecular weight is 363 g/mol. The monoisotopic (exact) mass is 363 g/mol. The fourth-order valence-corrected chi connectivity index (χ4v) is 3.67. The Morgan fingerprint density at radius 2 is 2.15 bits per heavy atom. The zero-order valence-corrected chi connectivity index (χ0v) is 15.4. The van der Waals surface area contributed by atoms with Crippen molar-refractivity contribution in [2.45, 2.75) is 38.3 Å². The van der Waals surface area contributed by atoms with E-state index in [9.17, 15) is 4.79 Å². The quantitative estimate of drug-likeness (QED) is 0.751. The average Bonchev–Trinajstić information content (AvgIpc) is 3.09. The number of para-hydroxylation sites is 1. The normalized spacial score (nSPS) is 19.4. The number of allylic oxidation sites excluding steroid dienone is 3. The van der Waals surface area contributed by atoms with E-state index in [2.05, 4.69) is 46.7 Å². The number of hydrogen-bond acceptors (Lipinski definition) is 4. The van der Waals surface area contributed by atoms with Gasteiger partial charge in [0, 0.05) is 23.8 Å². The van der Waals surface area contributed by atoms with Crippen LogP contribution in [0.1, 0.15) is 31.2 Å². The molecule has 140 valence electrons. The first-order chi connectivity index (χ1) is 13.3. The lowest BCUT2D eigenvalue weighted by molar-refractivity contribution is 0.130. The summed E-state index contributed by atoms with van der Waals surface area (Å²) in [6.07, 6.45) is 11.7. The minimum absolute atomic E-state index is 0.0188. The molecule has 2 heterocycles. The molecule has 1 aromatic carbocycles. The summed E-state index contributed by atoms with van der Waals surface area (Å²) >= 11 is 0. The predicted octanol–water partition coefficient (Wildman–Crippen LogP) is 4.16. The highest BCUT2D eigenvalue weighted by Crippen LogP contribution is 2.23. The molecule has 27 heavy (non-hydrogen) atoms. The van der Waals surface area contributed by atoms with E-state index in [0.717, 1.165) is 50.0 Å². The van der Waals surface area contributed by atoms with Crippen LogP contribution in [0.25, 0.3) is 10.9 Å². The maximum absolute atomic E-state index is 12.1. The molecule has 2 aromatic rings. The van der Waals surface area contributed by atoms with Gasteiger partial charge in [0.05, 0.1) is 12.1 Å². The van der Waals surface area contributed by atoms with Crippen molar-refractivity contribution in [1.82, 2.24) is 15.2 Å². The first-order valence-electron chi connectivity index (χ1n) is 9.69. The number of carbonyl (C=O) groups is 1. The SMILES string of the molecule is O=C1OC(CCCNCc2cccc3cccnc23)CN1C1=CCCC=C1.